The SMILES string of the molecule is CC1CC(C)CN(C2CCN(C(=O)c3cccc(F)c3)CC2)C1. The van der Waals surface area contributed by atoms with Gasteiger partial charge in [0.05, 0.1) is 0 Å². The van der Waals surface area contributed by atoms with Crippen molar-refractivity contribution in [2.24, 2.45) is 11.8 Å². The van der Waals surface area contributed by atoms with Crippen LogP contribution in [0.2, 0.25) is 0 Å². The lowest BCUT2D eigenvalue weighted by atomic mass is 9.89. The molecule has 1 aromatic rings. The van der Waals surface area contributed by atoms with Crippen molar-refractivity contribution in [2.75, 3.05) is 26.2 Å². The molecule has 23 heavy (non-hydrogen) atoms. The van der Waals surface area contributed by atoms with Crippen molar-refractivity contribution < 1.29 is 9.18 Å². The van der Waals surface area contributed by atoms with Gasteiger partial charge in [0.1, 0.15) is 5.82 Å². The van der Waals surface area contributed by atoms with Crippen LogP contribution in [0, 0.1) is 17.7 Å². The quantitative estimate of drug-likeness (QED) is 0.834. The van der Waals surface area contributed by atoms with Gasteiger partial charge in [-0.05, 0) is 49.3 Å². The predicted molar refractivity (Wildman–Crippen MR) is 89.8 cm³/mol. The molecule has 0 N–H and O–H groups in total. The van der Waals surface area contributed by atoms with E-state index in [9.17, 15) is 9.18 Å². The third-order valence-electron chi connectivity index (χ3n) is 5.24. The normalized spacial score (nSPS) is 27.2. The number of hydrogen-bond acceptors (Lipinski definition) is 2. The number of likely N-dealkylation sites (tertiary alicyclic amines) is 2. The fourth-order valence-corrected chi connectivity index (χ4v) is 4.25. The molecule has 4 heteroatoms. The number of piperidine rings is 2. The molecule has 2 unspecified atom stereocenters. The van der Waals surface area contributed by atoms with Gasteiger partial charge in [0.2, 0.25) is 0 Å². The first-order valence-electron chi connectivity index (χ1n) is 8.82. The summed E-state index contributed by atoms with van der Waals surface area (Å²) in [5, 5.41) is 0. The summed E-state index contributed by atoms with van der Waals surface area (Å²) in [7, 11) is 0. The van der Waals surface area contributed by atoms with Gasteiger partial charge in [-0.2, -0.15) is 0 Å². The molecule has 3 rings (SSSR count). The number of carbonyl (C=O) groups is 1. The van der Waals surface area contributed by atoms with Gasteiger partial charge in [-0.15, -0.1) is 0 Å². The number of carbonyl (C=O) groups excluding carboxylic acids is 1. The Morgan fingerprint density at radius 3 is 2.39 bits per heavy atom. The second-order valence-electron chi connectivity index (χ2n) is 7.43. The number of rotatable bonds is 2. The average Bonchev–Trinajstić information content (AvgIpc) is 2.53. The zero-order valence-electron chi connectivity index (χ0n) is 14.2. The minimum atomic E-state index is -0.345. The summed E-state index contributed by atoms with van der Waals surface area (Å²) in [6, 6.07) is 6.61. The highest BCUT2D eigenvalue weighted by molar-refractivity contribution is 5.94. The monoisotopic (exact) mass is 318 g/mol. The Hall–Kier alpha value is -1.42. The van der Waals surface area contributed by atoms with E-state index in [-0.39, 0.29) is 11.7 Å². The molecule has 1 amide bonds. The standard InChI is InChI=1S/C19H27FN2O/c1-14-10-15(2)13-22(12-14)18-6-8-21(9-7-18)19(23)16-4-3-5-17(20)11-16/h3-5,11,14-15,18H,6-10,12-13H2,1-2H3. The van der Waals surface area contributed by atoms with E-state index < -0.39 is 0 Å². The summed E-state index contributed by atoms with van der Waals surface area (Å²) in [5.74, 6) is 1.15. The molecule has 0 aliphatic carbocycles. The van der Waals surface area contributed by atoms with Gasteiger partial charge in [0.25, 0.3) is 5.91 Å². The van der Waals surface area contributed by atoms with Crippen LogP contribution in [0.4, 0.5) is 4.39 Å². The molecule has 2 aliphatic heterocycles. The van der Waals surface area contributed by atoms with E-state index in [1.54, 1.807) is 12.1 Å². The van der Waals surface area contributed by atoms with Crippen molar-refractivity contribution in [1.82, 2.24) is 9.80 Å². The first-order valence-corrected chi connectivity index (χ1v) is 8.82. The van der Waals surface area contributed by atoms with Gasteiger partial charge in [0.15, 0.2) is 0 Å². The Balaban J connectivity index is 1.57. The summed E-state index contributed by atoms with van der Waals surface area (Å²) in [4.78, 5) is 17.0. The molecule has 0 bridgehead atoms. The van der Waals surface area contributed by atoms with Crippen LogP contribution in [0.25, 0.3) is 0 Å². The molecule has 2 aliphatic rings. The molecule has 1 aromatic carbocycles. The van der Waals surface area contributed by atoms with Gasteiger partial charge in [0, 0.05) is 37.8 Å². The maximum absolute atomic E-state index is 13.3. The van der Waals surface area contributed by atoms with Crippen LogP contribution < -0.4 is 0 Å². The Kier molecular flexibility index (Phi) is 5.00. The molecule has 2 atom stereocenters. The Labute approximate surface area is 138 Å². The van der Waals surface area contributed by atoms with Crippen LogP contribution >= 0.6 is 0 Å². The van der Waals surface area contributed by atoms with E-state index in [4.69, 9.17) is 0 Å². The lowest BCUT2D eigenvalue weighted by Gasteiger charge is -2.43. The molecule has 0 radical (unpaired) electrons. The van der Waals surface area contributed by atoms with Crippen LogP contribution in [0.15, 0.2) is 24.3 Å². The molecule has 0 spiro atoms. The Morgan fingerprint density at radius 1 is 1.13 bits per heavy atom. The first kappa shape index (κ1) is 16.4. The van der Waals surface area contributed by atoms with Gasteiger partial charge in [-0.3, -0.25) is 9.69 Å². The second-order valence-corrected chi connectivity index (χ2v) is 7.43. The van der Waals surface area contributed by atoms with E-state index in [1.807, 2.05) is 4.90 Å². The third kappa shape index (κ3) is 3.92. The lowest BCUT2D eigenvalue weighted by molar-refractivity contribution is 0.0450. The van der Waals surface area contributed by atoms with E-state index in [1.165, 1.54) is 31.6 Å². The van der Waals surface area contributed by atoms with Crippen molar-refractivity contribution in [1.29, 1.82) is 0 Å². The topological polar surface area (TPSA) is 23.6 Å². The lowest BCUT2D eigenvalue weighted by Crippen LogP contribution is -2.50. The number of benzene rings is 1. The Morgan fingerprint density at radius 2 is 1.78 bits per heavy atom. The average molecular weight is 318 g/mol. The van der Waals surface area contributed by atoms with E-state index >= 15 is 0 Å². The van der Waals surface area contributed by atoms with Crippen molar-refractivity contribution in [3.05, 3.63) is 35.6 Å². The van der Waals surface area contributed by atoms with Gasteiger partial charge >= 0.3 is 0 Å². The molecular weight excluding hydrogens is 291 g/mol. The highest BCUT2D eigenvalue weighted by Gasteiger charge is 2.31. The molecule has 2 fully saturated rings. The number of amides is 1. The number of hydrogen-bond donors (Lipinski definition) is 0. The fraction of sp³-hybridized carbons (Fsp3) is 0.632. The fourth-order valence-electron chi connectivity index (χ4n) is 4.25. The number of nitrogens with zero attached hydrogens (tertiary/aromatic N) is 2. The molecule has 2 heterocycles. The second kappa shape index (κ2) is 7.00. The highest BCUT2D eigenvalue weighted by Crippen LogP contribution is 2.27. The zero-order valence-corrected chi connectivity index (χ0v) is 14.2. The van der Waals surface area contributed by atoms with E-state index in [0.717, 1.165) is 37.8 Å². The van der Waals surface area contributed by atoms with Gasteiger partial charge in [-0.25, -0.2) is 4.39 Å². The molecule has 0 aromatic heterocycles. The minimum absolute atomic E-state index is 0.0386. The van der Waals surface area contributed by atoms with Crippen molar-refractivity contribution in [3.63, 3.8) is 0 Å². The molecule has 2 saturated heterocycles. The molecule has 0 saturated carbocycles. The van der Waals surface area contributed by atoms with Crippen LogP contribution in [-0.2, 0) is 0 Å². The molecular formula is C19H27FN2O. The van der Waals surface area contributed by atoms with Crippen molar-refractivity contribution in [2.45, 2.75) is 39.2 Å². The number of halogens is 1. The van der Waals surface area contributed by atoms with Crippen LogP contribution in [0.5, 0.6) is 0 Å². The molecule has 126 valence electrons. The van der Waals surface area contributed by atoms with Crippen molar-refractivity contribution in [3.8, 4) is 0 Å². The van der Waals surface area contributed by atoms with Crippen LogP contribution in [-0.4, -0.2) is 47.9 Å². The summed E-state index contributed by atoms with van der Waals surface area (Å²) >= 11 is 0. The summed E-state index contributed by atoms with van der Waals surface area (Å²) in [6.07, 6.45) is 3.38. The third-order valence-corrected chi connectivity index (χ3v) is 5.24. The van der Waals surface area contributed by atoms with E-state index in [2.05, 4.69) is 18.7 Å². The van der Waals surface area contributed by atoms with Crippen LogP contribution in [0.1, 0.15) is 43.5 Å². The van der Waals surface area contributed by atoms with Gasteiger partial charge in [-0.1, -0.05) is 19.9 Å². The smallest absolute Gasteiger partial charge is 0.253 e. The maximum atomic E-state index is 13.3. The largest absolute Gasteiger partial charge is 0.339 e. The van der Waals surface area contributed by atoms with Crippen LogP contribution in [0.3, 0.4) is 0 Å². The summed E-state index contributed by atoms with van der Waals surface area (Å²) in [6.45, 7) is 8.61. The van der Waals surface area contributed by atoms with Gasteiger partial charge < -0.3 is 4.90 Å². The summed E-state index contributed by atoms with van der Waals surface area (Å²) in [5.41, 5.74) is 0.462. The predicted octanol–water partition coefficient (Wildman–Crippen LogP) is 3.41. The van der Waals surface area contributed by atoms with E-state index in [0.29, 0.717) is 11.6 Å². The zero-order chi connectivity index (χ0) is 16.4. The Bertz CT molecular complexity index is 544. The highest BCUT2D eigenvalue weighted by atomic mass is 19.1. The first-order chi connectivity index (χ1) is 11.0. The summed E-state index contributed by atoms with van der Waals surface area (Å²) < 4.78 is 13.3. The minimum Gasteiger partial charge on any atom is -0.339 e. The maximum Gasteiger partial charge on any atom is 0.253 e. The van der Waals surface area contributed by atoms with Crippen molar-refractivity contribution >= 4 is 5.91 Å². The molecule has 3 nitrogen and oxygen atoms in total.